The second-order valence-electron chi connectivity index (χ2n) is 9.72. The average Bonchev–Trinajstić information content (AvgIpc) is 2.93. The van der Waals surface area contributed by atoms with Gasteiger partial charge in [0, 0.05) is 6.42 Å². The van der Waals surface area contributed by atoms with Gasteiger partial charge >= 0.3 is 5.97 Å². The largest absolute Gasteiger partial charge is 0.469 e. The van der Waals surface area contributed by atoms with Gasteiger partial charge in [-0.15, -0.1) is 0 Å². The summed E-state index contributed by atoms with van der Waals surface area (Å²) in [6, 6.07) is 0. The third-order valence-corrected chi connectivity index (χ3v) is 8.84. The topological polar surface area (TPSA) is 63.6 Å². The van der Waals surface area contributed by atoms with Gasteiger partial charge in [-0.1, -0.05) is 19.4 Å². The molecular formula is C22H32O4. The van der Waals surface area contributed by atoms with E-state index >= 15 is 0 Å². The molecule has 1 N–H and O–H groups in total. The van der Waals surface area contributed by atoms with Gasteiger partial charge in [-0.25, -0.2) is 0 Å². The molecule has 4 nitrogen and oxygen atoms in total. The fourth-order valence-electron chi connectivity index (χ4n) is 7.35. The maximum Gasteiger partial charge on any atom is 0.305 e. The van der Waals surface area contributed by atoms with Gasteiger partial charge in [0.1, 0.15) is 6.10 Å². The van der Waals surface area contributed by atoms with Gasteiger partial charge < -0.3 is 9.84 Å². The highest BCUT2D eigenvalue weighted by atomic mass is 16.5. The second kappa shape index (κ2) is 6.19. The number of aliphatic hydroxyl groups excluding tert-OH is 1. The van der Waals surface area contributed by atoms with Gasteiger partial charge in [0.15, 0.2) is 5.78 Å². The quantitative estimate of drug-likeness (QED) is 0.763. The minimum Gasteiger partial charge on any atom is -0.469 e. The first-order chi connectivity index (χ1) is 12.3. The first kappa shape index (κ1) is 18.2. The van der Waals surface area contributed by atoms with Crippen LogP contribution < -0.4 is 0 Å². The lowest BCUT2D eigenvalue weighted by molar-refractivity contribution is -0.143. The van der Waals surface area contributed by atoms with Gasteiger partial charge in [-0.2, -0.15) is 0 Å². The average molecular weight is 360 g/mol. The lowest BCUT2D eigenvalue weighted by Crippen LogP contribution is -2.52. The minimum atomic E-state index is -0.827. The molecule has 26 heavy (non-hydrogen) atoms. The van der Waals surface area contributed by atoms with E-state index in [2.05, 4.69) is 13.8 Å². The van der Waals surface area contributed by atoms with Crippen LogP contribution in [0.25, 0.3) is 0 Å². The van der Waals surface area contributed by atoms with E-state index in [4.69, 9.17) is 4.74 Å². The van der Waals surface area contributed by atoms with Crippen molar-refractivity contribution in [3.05, 3.63) is 11.6 Å². The van der Waals surface area contributed by atoms with E-state index in [1.54, 1.807) is 6.08 Å². The SMILES string of the molecule is COC(=O)C[C@@H]1CC[C@H]2[C@@H]3CCC4=CC(=O)C(O)C[C@]4(C)[C@H]3CC[C@]12C. The molecule has 144 valence electrons. The van der Waals surface area contributed by atoms with Crippen LogP contribution in [-0.2, 0) is 14.3 Å². The second-order valence-corrected chi connectivity index (χ2v) is 9.72. The highest BCUT2D eigenvalue weighted by Gasteiger charge is 2.59. The van der Waals surface area contributed by atoms with E-state index in [0.717, 1.165) is 32.1 Å². The number of ketones is 1. The van der Waals surface area contributed by atoms with Crippen molar-refractivity contribution in [2.75, 3.05) is 7.11 Å². The highest BCUT2D eigenvalue weighted by molar-refractivity contribution is 5.95. The third kappa shape index (κ3) is 2.51. The van der Waals surface area contributed by atoms with Crippen LogP contribution in [0.5, 0.6) is 0 Å². The van der Waals surface area contributed by atoms with E-state index in [9.17, 15) is 14.7 Å². The summed E-state index contributed by atoms with van der Waals surface area (Å²) in [6.45, 7) is 4.69. The number of allylic oxidation sites excluding steroid dienone is 1. The number of esters is 1. The molecule has 3 saturated carbocycles. The molecule has 7 atom stereocenters. The zero-order valence-electron chi connectivity index (χ0n) is 16.3. The van der Waals surface area contributed by atoms with E-state index in [0.29, 0.717) is 36.5 Å². The predicted molar refractivity (Wildman–Crippen MR) is 98.2 cm³/mol. The van der Waals surface area contributed by atoms with Crippen LogP contribution in [0.3, 0.4) is 0 Å². The summed E-state index contributed by atoms with van der Waals surface area (Å²) in [4.78, 5) is 23.9. The molecule has 4 heteroatoms. The molecule has 0 saturated heterocycles. The zero-order chi connectivity index (χ0) is 18.7. The minimum absolute atomic E-state index is 0.0298. The van der Waals surface area contributed by atoms with Crippen LogP contribution in [0.4, 0.5) is 0 Å². The van der Waals surface area contributed by atoms with E-state index in [1.807, 2.05) is 0 Å². The summed E-state index contributed by atoms with van der Waals surface area (Å²) in [5, 5.41) is 10.2. The number of ether oxygens (including phenoxy) is 1. The highest BCUT2D eigenvalue weighted by Crippen LogP contribution is 2.67. The molecule has 0 aliphatic heterocycles. The number of methoxy groups -OCH3 is 1. The van der Waals surface area contributed by atoms with Gasteiger partial charge in [-0.05, 0) is 85.5 Å². The molecule has 0 aromatic rings. The summed E-state index contributed by atoms with van der Waals surface area (Å²) < 4.78 is 4.95. The van der Waals surface area contributed by atoms with Crippen molar-refractivity contribution in [2.24, 2.45) is 34.5 Å². The van der Waals surface area contributed by atoms with Crippen LogP contribution in [0, 0.1) is 34.5 Å². The lowest BCUT2D eigenvalue weighted by Gasteiger charge is -2.58. The molecule has 0 aromatic heterocycles. The molecule has 0 amide bonds. The van der Waals surface area contributed by atoms with Crippen molar-refractivity contribution in [2.45, 2.75) is 71.3 Å². The van der Waals surface area contributed by atoms with Crippen LogP contribution in [0.2, 0.25) is 0 Å². The smallest absolute Gasteiger partial charge is 0.305 e. The number of fused-ring (bicyclic) bond motifs is 5. The van der Waals surface area contributed by atoms with Crippen LogP contribution in [-0.4, -0.2) is 30.1 Å². The summed E-state index contributed by atoms with van der Waals surface area (Å²) in [7, 11) is 1.49. The van der Waals surface area contributed by atoms with Gasteiger partial charge in [0.2, 0.25) is 0 Å². The Labute approximate surface area is 156 Å². The molecule has 0 heterocycles. The molecule has 0 spiro atoms. The lowest BCUT2D eigenvalue weighted by atomic mass is 9.46. The summed E-state index contributed by atoms with van der Waals surface area (Å²) in [6.07, 6.45) is 8.84. The summed E-state index contributed by atoms with van der Waals surface area (Å²) in [5.41, 5.74) is 1.48. The standard InChI is InChI=1S/C22H32O4/c1-21-9-8-17-15(16(21)7-5-14(21)11-20(25)26-3)6-4-13-10-18(23)19(24)12-22(13,17)2/h10,14-17,19,24H,4-9,11-12H2,1-3H3/t14-,15-,16-,17-,19?,21+,22-/m0/s1. The van der Waals surface area contributed by atoms with Crippen molar-refractivity contribution in [1.82, 2.24) is 0 Å². The number of hydrogen-bond donors (Lipinski definition) is 1. The molecule has 0 radical (unpaired) electrons. The van der Waals surface area contributed by atoms with E-state index in [1.165, 1.54) is 19.1 Å². The Morgan fingerprint density at radius 1 is 1.23 bits per heavy atom. The number of carbonyl (C=O) groups is 2. The number of rotatable bonds is 2. The maximum absolute atomic E-state index is 12.0. The Morgan fingerprint density at radius 2 is 2.00 bits per heavy atom. The Bertz CT molecular complexity index is 653. The van der Waals surface area contributed by atoms with Crippen LogP contribution >= 0.6 is 0 Å². The first-order valence-corrected chi connectivity index (χ1v) is 10.3. The maximum atomic E-state index is 12.0. The molecular weight excluding hydrogens is 328 g/mol. The molecule has 4 aliphatic rings. The van der Waals surface area contributed by atoms with Crippen molar-refractivity contribution in [3.63, 3.8) is 0 Å². The van der Waals surface area contributed by atoms with Gasteiger partial charge in [0.05, 0.1) is 7.11 Å². The van der Waals surface area contributed by atoms with Crippen molar-refractivity contribution in [3.8, 4) is 0 Å². The molecule has 3 fully saturated rings. The first-order valence-electron chi connectivity index (χ1n) is 10.3. The van der Waals surface area contributed by atoms with Crippen molar-refractivity contribution < 1.29 is 19.4 Å². The van der Waals surface area contributed by atoms with Crippen molar-refractivity contribution in [1.29, 1.82) is 0 Å². The third-order valence-electron chi connectivity index (χ3n) is 8.84. The summed E-state index contributed by atoms with van der Waals surface area (Å²) >= 11 is 0. The molecule has 1 unspecified atom stereocenters. The number of hydrogen-bond acceptors (Lipinski definition) is 4. The van der Waals surface area contributed by atoms with Gasteiger partial charge in [0.25, 0.3) is 0 Å². The molecule has 4 rings (SSSR count). The van der Waals surface area contributed by atoms with Gasteiger partial charge in [-0.3, -0.25) is 9.59 Å². The normalized spacial score (nSPS) is 47.5. The van der Waals surface area contributed by atoms with Crippen LogP contribution in [0.15, 0.2) is 11.6 Å². The fourth-order valence-corrected chi connectivity index (χ4v) is 7.35. The van der Waals surface area contributed by atoms with E-state index < -0.39 is 6.10 Å². The Hall–Kier alpha value is -1.16. The Morgan fingerprint density at radius 3 is 2.73 bits per heavy atom. The summed E-state index contributed by atoms with van der Waals surface area (Å²) in [5.74, 6) is 2.12. The monoisotopic (exact) mass is 360 g/mol. The Kier molecular flexibility index (Phi) is 4.33. The van der Waals surface area contributed by atoms with Crippen molar-refractivity contribution >= 4 is 11.8 Å². The molecule has 0 bridgehead atoms. The fraction of sp³-hybridized carbons (Fsp3) is 0.818. The zero-order valence-corrected chi connectivity index (χ0v) is 16.3. The van der Waals surface area contributed by atoms with Crippen LogP contribution in [0.1, 0.15) is 65.2 Å². The Balaban J connectivity index is 1.60. The number of carbonyl (C=O) groups excluding carboxylic acids is 2. The van der Waals surface area contributed by atoms with E-state index in [-0.39, 0.29) is 22.6 Å². The molecule has 0 aromatic carbocycles. The predicted octanol–water partition coefficient (Wildman–Crippen LogP) is 3.67. The molecule has 4 aliphatic carbocycles. The number of aliphatic hydroxyl groups is 1.